The predicted molar refractivity (Wildman–Crippen MR) is 103 cm³/mol. The Morgan fingerprint density at radius 3 is 3.00 bits per heavy atom. The number of hydrogen-bond acceptors (Lipinski definition) is 6. The van der Waals surface area contributed by atoms with Gasteiger partial charge in [0.15, 0.2) is 18.2 Å². The van der Waals surface area contributed by atoms with Crippen LogP contribution in [0.1, 0.15) is 35.0 Å². The van der Waals surface area contributed by atoms with Gasteiger partial charge in [0.25, 0.3) is 0 Å². The molecule has 0 saturated heterocycles. The summed E-state index contributed by atoms with van der Waals surface area (Å²) < 4.78 is 19.6. The van der Waals surface area contributed by atoms with Gasteiger partial charge in [0.2, 0.25) is 0 Å². The van der Waals surface area contributed by atoms with Gasteiger partial charge in [0, 0.05) is 18.3 Å². The van der Waals surface area contributed by atoms with Crippen LogP contribution in [0.2, 0.25) is 0 Å². The van der Waals surface area contributed by atoms with Crippen LogP contribution in [0.3, 0.4) is 0 Å². The summed E-state index contributed by atoms with van der Waals surface area (Å²) in [4.78, 5) is 20.0. The second-order valence-electron chi connectivity index (χ2n) is 6.81. The summed E-state index contributed by atoms with van der Waals surface area (Å²) in [5.74, 6) is 0.571. The van der Waals surface area contributed by atoms with Gasteiger partial charge in [-0.05, 0) is 37.3 Å². The molecule has 2 aromatic heterocycles. The van der Waals surface area contributed by atoms with E-state index in [2.05, 4.69) is 27.3 Å². The van der Waals surface area contributed by atoms with Crippen molar-refractivity contribution in [3.63, 3.8) is 0 Å². The normalized spacial score (nSPS) is 16.4. The number of halogens is 1. The van der Waals surface area contributed by atoms with Gasteiger partial charge in [-0.3, -0.25) is 0 Å². The molecule has 0 radical (unpaired) electrons. The second-order valence-corrected chi connectivity index (χ2v) is 7.29. The van der Waals surface area contributed by atoms with Crippen molar-refractivity contribution in [2.75, 3.05) is 19.5 Å². The number of ether oxygens (including phenoxy) is 1. The van der Waals surface area contributed by atoms with Crippen LogP contribution in [0.4, 0.5) is 9.57 Å². The first-order chi connectivity index (χ1) is 13.0. The predicted octanol–water partition coefficient (Wildman–Crippen LogP) is 3.76. The maximum Gasteiger partial charge on any atom is 0.340 e. The molecule has 1 aliphatic rings. The Kier molecular flexibility index (Phi) is 4.55. The maximum absolute atomic E-state index is 13.4. The third kappa shape index (κ3) is 2.95. The van der Waals surface area contributed by atoms with E-state index >= 15 is 0 Å². The highest BCUT2D eigenvalue weighted by molar-refractivity contribution is 7.92. The Hall–Kier alpha value is -2.55. The van der Waals surface area contributed by atoms with E-state index in [1.165, 1.54) is 11.2 Å². The monoisotopic (exact) mass is 389 g/mol. The number of imidazole rings is 1. The van der Waals surface area contributed by atoms with Crippen molar-refractivity contribution >= 4 is 35.0 Å². The number of H-pyrrole nitrogens is 1. The number of nitrogens with one attached hydrogen (secondary N) is 2. The number of esters is 1. The molecule has 1 atom stereocenters. The fourth-order valence-electron chi connectivity index (χ4n) is 3.65. The summed E-state index contributed by atoms with van der Waals surface area (Å²) in [7, 11) is 3.11. The van der Waals surface area contributed by atoms with Crippen LogP contribution in [0.5, 0.6) is 0 Å². The minimum Gasteiger partial charge on any atom is -0.465 e. The Morgan fingerprint density at radius 1 is 1.48 bits per heavy atom. The van der Waals surface area contributed by atoms with Gasteiger partial charge in [0.1, 0.15) is 11.2 Å². The zero-order valence-electron chi connectivity index (χ0n) is 15.3. The van der Waals surface area contributed by atoms with Gasteiger partial charge >= 0.3 is 5.97 Å². The number of anilines is 1. The standard InChI is InChI=1S/C18H20FN5O2S/c1-9-4-5-14-11(6-9)16(23-24(14)27-19)17-21-13-8-10(20-2)7-12(15(13)22-17)18(25)26-3/h7-9,20H,4-6H2,1-3H3,(H,21,22). The van der Waals surface area contributed by atoms with Gasteiger partial charge < -0.3 is 15.0 Å². The first-order valence-corrected chi connectivity index (χ1v) is 9.43. The highest BCUT2D eigenvalue weighted by Crippen LogP contribution is 2.35. The number of rotatable bonds is 4. The van der Waals surface area contributed by atoms with E-state index < -0.39 is 5.97 Å². The number of aromatic amines is 1. The van der Waals surface area contributed by atoms with Crippen LogP contribution in [0.15, 0.2) is 12.1 Å². The molecule has 7 nitrogen and oxygen atoms in total. The van der Waals surface area contributed by atoms with Crippen molar-refractivity contribution in [1.29, 1.82) is 0 Å². The van der Waals surface area contributed by atoms with Gasteiger partial charge in [-0.25, -0.2) is 9.78 Å². The minimum absolute atomic E-state index is 0.105. The van der Waals surface area contributed by atoms with Crippen LogP contribution in [0.25, 0.3) is 22.6 Å². The Labute approximate surface area is 160 Å². The third-order valence-corrected chi connectivity index (χ3v) is 5.49. The van der Waals surface area contributed by atoms with Crippen LogP contribution in [0, 0.1) is 5.92 Å². The van der Waals surface area contributed by atoms with Crippen LogP contribution >= 0.6 is 12.3 Å². The molecule has 1 aliphatic carbocycles. The highest BCUT2D eigenvalue weighted by Gasteiger charge is 2.27. The lowest BCUT2D eigenvalue weighted by Crippen LogP contribution is -2.12. The number of aromatic nitrogens is 4. The molecule has 1 unspecified atom stereocenters. The average Bonchev–Trinajstić information content (AvgIpc) is 3.26. The topological polar surface area (TPSA) is 84.8 Å². The highest BCUT2D eigenvalue weighted by atomic mass is 32.2. The van der Waals surface area contributed by atoms with E-state index in [1.807, 2.05) is 6.07 Å². The molecule has 1 aromatic carbocycles. The number of carbonyl (C=O) groups is 1. The Bertz CT molecular complexity index is 1030. The molecule has 0 saturated carbocycles. The number of nitrogens with zero attached hydrogens (tertiary/aromatic N) is 3. The second kappa shape index (κ2) is 6.88. The summed E-state index contributed by atoms with van der Waals surface area (Å²) in [6, 6.07) is 3.57. The van der Waals surface area contributed by atoms with E-state index in [9.17, 15) is 8.68 Å². The number of methoxy groups -OCH3 is 1. The molecule has 0 aliphatic heterocycles. The molecule has 142 valence electrons. The average molecular weight is 389 g/mol. The van der Waals surface area contributed by atoms with Gasteiger partial charge in [-0.2, -0.15) is 9.19 Å². The Morgan fingerprint density at radius 2 is 2.30 bits per heavy atom. The zero-order valence-corrected chi connectivity index (χ0v) is 16.1. The summed E-state index contributed by atoms with van der Waals surface area (Å²) in [6.07, 6.45) is 2.63. The molecule has 9 heteroatoms. The summed E-state index contributed by atoms with van der Waals surface area (Å²) in [5.41, 5.74) is 4.89. The van der Waals surface area contributed by atoms with Crippen LogP contribution < -0.4 is 5.32 Å². The van der Waals surface area contributed by atoms with E-state index in [0.29, 0.717) is 34.0 Å². The molecule has 3 aromatic rings. The number of fused-ring (bicyclic) bond motifs is 2. The molecule has 2 heterocycles. The largest absolute Gasteiger partial charge is 0.465 e. The molecule has 0 spiro atoms. The molecule has 0 fully saturated rings. The zero-order chi connectivity index (χ0) is 19.1. The van der Waals surface area contributed by atoms with Crippen molar-refractivity contribution in [2.24, 2.45) is 5.92 Å². The molecular formula is C18H20FN5O2S. The van der Waals surface area contributed by atoms with Crippen LogP contribution in [-0.4, -0.2) is 39.3 Å². The maximum atomic E-state index is 13.4. The fourth-order valence-corrected chi connectivity index (χ4v) is 4.04. The summed E-state index contributed by atoms with van der Waals surface area (Å²) in [5, 5.41) is 7.45. The first kappa shape index (κ1) is 17.8. The van der Waals surface area contributed by atoms with E-state index in [4.69, 9.17) is 4.74 Å². The lowest BCUT2D eigenvalue weighted by atomic mass is 9.88. The quantitative estimate of drug-likeness (QED) is 0.661. The molecular weight excluding hydrogens is 369 g/mol. The van der Waals surface area contributed by atoms with Gasteiger partial charge in [0.05, 0.1) is 23.9 Å². The molecule has 4 rings (SSSR count). The van der Waals surface area contributed by atoms with Crippen molar-refractivity contribution in [1.82, 2.24) is 19.2 Å². The van der Waals surface area contributed by atoms with Crippen LogP contribution in [-0.2, 0) is 17.6 Å². The van der Waals surface area contributed by atoms with Crippen molar-refractivity contribution < 1.29 is 13.4 Å². The van der Waals surface area contributed by atoms with Crippen molar-refractivity contribution in [3.05, 3.63) is 29.0 Å². The third-order valence-electron chi connectivity index (χ3n) is 5.05. The van der Waals surface area contributed by atoms with Gasteiger partial charge in [-0.15, -0.1) is 3.89 Å². The molecule has 0 bridgehead atoms. The molecule has 2 N–H and O–H groups in total. The number of benzene rings is 1. The van der Waals surface area contributed by atoms with E-state index in [-0.39, 0.29) is 12.3 Å². The molecule has 0 amide bonds. The fraction of sp³-hybridized carbons (Fsp3) is 0.389. The Balaban J connectivity index is 1.91. The van der Waals surface area contributed by atoms with Gasteiger partial charge in [-0.1, -0.05) is 6.92 Å². The lowest BCUT2D eigenvalue weighted by Gasteiger charge is -2.18. The van der Waals surface area contributed by atoms with Crippen molar-refractivity contribution in [3.8, 4) is 11.5 Å². The molecule has 27 heavy (non-hydrogen) atoms. The minimum atomic E-state index is -0.462. The first-order valence-electron chi connectivity index (χ1n) is 8.75. The number of carbonyl (C=O) groups excluding carboxylic acids is 1. The van der Waals surface area contributed by atoms with E-state index in [0.717, 1.165) is 36.2 Å². The smallest absolute Gasteiger partial charge is 0.340 e. The lowest BCUT2D eigenvalue weighted by molar-refractivity contribution is 0.0603. The van der Waals surface area contributed by atoms with E-state index in [1.54, 1.807) is 13.1 Å². The SMILES string of the molecule is CNc1cc(C(=O)OC)c2nc(-c3nn(SF)c4c3CC(C)CC4)[nH]c2c1. The summed E-state index contributed by atoms with van der Waals surface area (Å²) in [6.45, 7) is 2.18. The number of hydrogen-bond donors (Lipinski definition) is 2. The summed E-state index contributed by atoms with van der Waals surface area (Å²) >= 11 is 0.105. The van der Waals surface area contributed by atoms with Crippen molar-refractivity contribution in [2.45, 2.75) is 26.2 Å².